The first-order valence-electron chi connectivity index (χ1n) is 4.96. The minimum Gasteiger partial charge on any atom is -0.475 e. The van der Waals surface area contributed by atoms with Crippen LogP contribution in [0.2, 0.25) is 5.02 Å². The van der Waals surface area contributed by atoms with E-state index in [-0.39, 0.29) is 0 Å². The van der Waals surface area contributed by atoms with Crippen molar-refractivity contribution < 1.29 is 23.1 Å². The van der Waals surface area contributed by atoms with Crippen molar-refractivity contribution in [3.63, 3.8) is 0 Å². The van der Waals surface area contributed by atoms with Crippen LogP contribution < -0.4 is 5.32 Å². The molecule has 1 rings (SSSR count). The summed E-state index contributed by atoms with van der Waals surface area (Å²) in [6.45, 7) is 1.00. The van der Waals surface area contributed by atoms with Gasteiger partial charge in [-0.25, -0.2) is 4.79 Å². The number of aliphatic carboxylic acids is 1. The Morgan fingerprint density at radius 3 is 2.39 bits per heavy atom. The SMILES string of the molecule is CNCCc1cccc(Cl)c1.O=C(O)C(F)(F)F. The maximum absolute atomic E-state index is 10.6. The van der Waals surface area contributed by atoms with E-state index in [2.05, 4.69) is 11.4 Å². The van der Waals surface area contributed by atoms with Gasteiger partial charge in [-0.3, -0.25) is 0 Å². The third kappa shape index (κ3) is 7.92. The number of likely N-dealkylation sites (N-methyl/N-ethyl adjacent to an activating group) is 1. The zero-order chi connectivity index (χ0) is 14.2. The predicted octanol–water partition coefficient (Wildman–Crippen LogP) is 2.74. The number of rotatable bonds is 3. The molecule has 7 heteroatoms. The zero-order valence-electron chi connectivity index (χ0n) is 9.59. The van der Waals surface area contributed by atoms with Gasteiger partial charge >= 0.3 is 12.1 Å². The van der Waals surface area contributed by atoms with Gasteiger partial charge in [0.2, 0.25) is 0 Å². The monoisotopic (exact) mass is 283 g/mol. The van der Waals surface area contributed by atoms with E-state index in [0.29, 0.717) is 0 Å². The predicted molar refractivity (Wildman–Crippen MR) is 62.8 cm³/mol. The second kappa shape index (κ2) is 7.94. The molecule has 0 saturated carbocycles. The standard InChI is InChI=1S/C9H12ClN.C2HF3O2/c1-11-6-5-8-3-2-4-9(10)7-8;3-2(4,5)1(6)7/h2-4,7,11H,5-6H2,1H3;(H,6,7). The summed E-state index contributed by atoms with van der Waals surface area (Å²) in [5.74, 6) is -2.76. The first kappa shape index (κ1) is 16.7. The molecule has 2 N–H and O–H groups in total. The molecule has 0 aliphatic rings. The maximum atomic E-state index is 10.6. The van der Waals surface area contributed by atoms with Gasteiger partial charge in [0.05, 0.1) is 0 Å². The van der Waals surface area contributed by atoms with Crippen LogP contribution in [0.15, 0.2) is 24.3 Å². The van der Waals surface area contributed by atoms with Crippen molar-refractivity contribution in [2.24, 2.45) is 0 Å². The molecule has 3 nitrogen and oxygen atoms in total. The van der Waals surface area contributed by atoms with Gasteiger partial charge in [-0.05, 0) is 37.7 Å². The lowest BCUT2D eigenvalue weighted by Crippen LogP contribution is -2.21. The summed E-state index contributed by atoms with van der Waals surface area (Å²) in [6, 6.07) is 7.96. The van der Waals surface area contributed by atoms with E-state index < -0.39 is 12.1 Å². The van der Waals surface area contributed by atoms with E-state index >= 15 is 0 Å². The van der Waals surface area contributed by atoms with Crippen LogP contribution in [-0.2, 0) is 11.2 Å². The molecule has 1 aromatic carbocycles. The molecule has 102 valence electrons. The Morgan fingerprint density at radius 2 is 2.00 bits per heavy atom. The highest BCUT2D eigenvalue weighted by molar-refractivity contribution is 6.30. The molecule has 0 aliphatic carbocycles. The van der Waals surface area contributed by atoms with Crippen molar-refractivity contribution in [2.45, 2.75) is 12.6 Å². The molecule has 0 radical (unpaired) electrons. The van der Waals surface area contributed by atoms with Gasteiger partial charge < -0.3 is 10.4 Å². The fourth-order valence-corrected chi connectivity index (χ4v) is 1.17. The molecular formula is C11H13ClF3NO2. The number of alkyl halides is 3. The van der Waals surface area contributed by atoms with Crippen LogP contribution in [0.1, 0.15) is 5.56 Å². The van der Waals surface area contributed by atoms with Crippen molar-refractivity contribution in [1.82, 2.24) is 5.32 Å². The second-order valence-electron chi connectivity index (χ2n) is 3.29. The Morgan fingerprint density at radius 1 is 1.44 bits per heavy atom. The molecule has 0 aliphatic heterocycles. The van der Waals surface area contributed by atoms with Crippen molar-refractivity contribution in [2.75, 3.05) is 13.6 Å². The molecule has 0 atom stereocenters. The summed E-state index contributed by atoms with van der Waals surface area (Å²) < 4.78 is 31.7. The van der Waals surface area contributed by atoms with Crippen molar-refractivity contribution >= 4 is 17.6 Å². The Balaban J connectivity index is 0.000000360. The van der Waals surface area contributed by atoms with Gasteiger partial charge in [0, 0.05) is 5.02 Å². The van der Waals surface area contributed by atoms with E-state index in [0.717, 1.165) is 18.0 Å². The highest BCUT2D eigenvalue weighted by Crippen LogP contribution is 2.13. The fourth-order valence-electron chi connectivity index (χ4n) is 0.962. The number of halogens is 4. The molecule has 0 fully saturated rings. The van der Waals surface area contributed by atoms with Gasteiger partial charge in [-0.15, -0.1) is 0 Å². The lowest BCUT2D eigenvalue weighted by atomic mass is 10.1. The normalized spacial score (nSPS) is 10.5. The number of hydrogen-bond acceptors (Lipinski definition) is 2. The number of nitrogens with one attached hydrogen (secondary N) is 1. The minimum absolute atomic E-state index is 0.818. The number of benzene rings is 1. The highest BCUT2D eigenvalue weighted by atomic mass is 35.5. The first-order valence-corrected chi connectivity index (χ1v) is 5.34. The van der Waals surface area contributed by atoms with Crippen LogP contribution in [0.25, 0.3) is 0 Å². The largest absolute Gasteiger partial charge is 0.490 e. The van der Waals surface area contributed by atoms with Crippen LogP contribution in [-0.4, -0.2) is 30.8 Å². The van der Waals surface area contributed by atoms with Crippen molar-refractivity contribution in [1.29, 1.82) is 0 Å². The Hall–Kier alpha value is -1.27. The van der Waals surface area contributed by atoms with E-state index in [9.17, 15) is 13.2 Å². The minimum atomic E-state index is -5.08. The number of hydrogen-bond donors (Lipinski definition) is 2. The van der Waals surface area contributed by atoms with Crippen LogP contribution >= 0.6 is 11.6 Å². The first-order chi connectivity index (χ1) is 8.27. The second-order valence-corrected chi connectivity index (χ2v) is 3.72. The average molecular weight is 284 g/mol. The summed E-state index contributed by atoms with van der Waals surface area (Å²) in [5.41, 5.74) is 1.28. The third-order valence-corrected chi connectivity index (χ3v) is 2.03. The van der Waals surface area contributed by atoms with E-state index in [1.807, 2.05) is 25.2 Å². The summed E-state index contributed by atoms with van der Waals surface area (Å²) in [5, 5.41) is 11.0. The van der Waals surface area contributed by atoms with Crippen molar-refractivity contribution in [3.05, 3.63) is 34.9 Å². The molecule has 0 spiro atoms. The summed E-state index contributed by atoms with van der Waals surface area (Å²) in [4.78, 5) is 8.90. The zero-order valence-corrected chi connectivity index (χ0v) is 10.3. The molecule has 0 amide bonds. The van der Waals surface area contributed by atoms with Gasteiger partial charge in [0.1, 0.15) is 0 Å². The van der Waals surface area contributed by atoms with E-state index in [4.69, 9.17) is 21.5 Å². The van der Waals surface area contributed by atoms with Crippen LogP contribution in [0.3, 0.4) is 0 Å². The quantitative estimate of drug-likeness (QED) is 0.897. The Kier molecular flexibility index (Phi) is 7.38. The van der Waals surface area contributed by atoms with Crippen LogP contribution in [0.4, 0.5) is 13.2 Å². The van der Waals surface area contributed by atoms with Gasteiger partial charge in [-0.2, -0.15) is 13.2 Å². The van der Waals surface area contributed by atoms with E-state index in [1.54, 1.807) is 0 Å². The molecule has 0 bridgehead atoms. The number of carboxylic acids is 1. The number of carbonyl (C=O) groups is 1. The fraction of sp³-hybridized carbons (Fsp3) is 0.364. The third-order valence-electron chi connectivity index (χ3n) is 1.80. The van der Waals surface area contributed by atoms with Crippen LogP contribution in [0, 0.1) is 0 Å². The van der Waals surface area contributed by atoms with E-state index in [1.165, 1.54) is 5.56 Å². The molecular weight excluding hydrogens is 271 g/mol. The average Bonchev–Trinajstić information content (AvgIpc) is 2.26. The van der Waals surface area contributed by atoms with Crippen LogP contribution in [0.5, 0.6) is 0 Å². The topological polar surface area (TPSA) is 49.3 Å². The molecule has 0 saturated heterocycles. The van der Waals surface area contributed by atoms with Gasteiger partial charge in [-0.1, -0.05) is 23.7 Å². The molecule has 0 heterocycles. The van der Waals surface area contributed by atoms with Gasteiger partial charge in [0.25, 0.3) is 0 Å². The summed E-state index contributed by atoms with van der Waals surface area (Å²) >= 11 is 5.80. The van der Waals surface area contributed by atoms with Crippen molar-refractivity contribution in [3.8, 4) is 0 Å². The highest BCUT2D eigenvalue weighted by Gasteiger charge is 2.38. The molecule has 18 heavy (non-hydrogen) atoms. The molecule has 1 aromatic rings. The Bertz CT molecular complexity index is 383. The van der Waals surface area contributed by atoms with Gasteiger partial charge in [0.15, 0.2) is 0 Å². The number of carboxylic acid groups (broad SMARTS) is 1. The molecule has 0 aromatic heterocycles. The smallest absolute Gasteiger partial charge is 0.475 e. The maximum Gasteiger partial charge on any atom is 0.490 e. The Labute approximate surface area is 108 Å². The molecule has 0 unspecified atom stereocenters. The lowest BCUT2D eigenvalue weighted by Gasteiger charge is -1.99. The summed E-state index contributed by atoms with van der Waals surface area (Å²) in [6.07, 6.45) is -4.04. The summed E-state index contributed by atoms with van der Waals surface area (Å²) in [7, 11) is 1.95. The lowest BCUT2D eigenvalue weighted by molar-refractivity contribution is -0.192.